The molecular weight excluding hydrogens is 266 g/mol. The van der Waals surface area contributed by atoms with Crippen molar-refractivity contribution in [3.63, 3.8) is 0 Å². The van der Waals surface area contributed by atoms with Gasteiger partial charge in [-0.3, -0.25) is 4.79 Å². The molecule has 1 amide bonds. The molecule has 0 aromatic carbocycles. The van der Waals surface area contributed by atoms with Gasteiger partial charge in [-0.25, -0.2) is 4.98 Å². The molecule has 1 aliphatic rings. The molecule has 2 heterocycles. The summed E-state index contributed by atoms with van der Waals surface area (Å²) in [6.45, 7) is 4.09. The summed E-state index contributed by atoms with van der Waals surface area (Å²) in [5, 5.41) is 2.92. The van der Waals surface area contributed by atoms with Crippen LogP contribution in [0.5, 0.6) is 0 Å². The number of carbonyl (C=O) groups is 1. The van der Waals surface area contributed by atoms with Gasteiger partial charge in [-0.05, 0) is 19.3 Å². The first-order valence-electron chi connectivity index (χ1n) is 7.71. The maximum absolute atomic E-state index is 11.9. The molecule has 2 rings (SSSR count). The number of hydrogen-bond acceptors (Lipinski definition) is 5. The minimum Gasteiger partial charge on any atom is -0.361 e. The number of aromatic nitrogens is 2. The lowest BCUT2D eigenvalue weighted by atomic mass is 10.2. The predicted octanol–water partition coefficient (Wildman–Crippen LogP) is 2.27. The van der Waals surface area contributed by atoms with Crippen LogP contribution in [-0.4, -0.2) is 43.1 Å². The predicted molar refractivity (Wildman–Crippen MR) is 86.0 cm³/mol. The quantitative estimate of drug-likeness (QED) is 0.871. The fraction of sp³-hybridized carbons (Fsp3) is 0.667. The maximum Gasteiger partial charge on any atom is 0.227 e. The lowest BCUT2D eigenvalue weighted by Crippen LogP contribution is -2.23. The first kappa shape index (κ1) is 15.5. The highest BCUT2D eigenvalue weighted by Crippen LogP contribution is 2.25. The van der Waals surface area contributed by atoms with Crippen LogP contribution in [0.1, 0.15) is 39.0 Å². The molecule has 1 aliphatic heterocycles. The Labute approximate surface area is 126 Å². The van der Waals surface area contributed by atoms with Gasteiger partial charge in [0.05, 0.1) is 6.20 Å². The Morgan fingerprint density at radius 1 is 1.38 bits per heavy atom. The molecule has 0 unspecified atom stereocenters. The van der Waals surface area contributed by atoms with E-state index >= 15 is 0 Å². The summed E-state index contributed by atoms with van der Waals surface area (Å²) in [5.74, 6) is 1.54. The van der Waals surface area contributed by atoms with E-state index in [9.17, 15) is 4.79 Å². The van der Waals surface area contributed by atoms with Gasteiger partial charge in [0.15, 0.2) is 5.82 Å². The third-order valence-corrected chi connectivity index (χ3v) is 3.60. The summed E-state index contributed by atoms with van der Waals surface area (Å²) in [4.78, 5) is 25.0. The smallest absolute Gasteiger partial charge is 0.227 e. The Kier molecular flexibility index (Phi) is 5.36. The van der Waals surface area contributed by atoms with Crippen LogP contribution in [-0.2, 0) is 4.79 Å². The Morgan fingerprint density at radius 3 is 2.71 bits per heavy atom. The molecule has 21 heavy (non-hydrogen) atoms. The Hall–Kier alpha value is -1.85. The summed E-state index contributed by atoms with van der Waals surface area (Å²) < 4.78 is 0. The van der Waals surface area contributed by atoms with Crippen molar-refractivity contribution < 1.29 is 4.79 Å². The summed E-state index contributed by atoms with van der Waals surface area (Å²) in [7, 11) is 3.86. The van der Waals surface area contributed by atoms with Gasteiger partial charge in [0.25, 0.3) is 0 Å². The van der Waals surface area contributed by atoms with Crippen molar-refractivity contribution in [3.8, 4) is 0 Å². The zero-order chi connectivity index (χ0) is 15.2. The minimum atomic E-state index is 0.0254. The number of nitrogens with one attached hydrogen (secondary N) is 1. The van der Waals surface area contributed by atoms with Crippen molar-refractivity contribution in [2.24, 2.45) is 0 Å². The number of anilines is 3. The van der Waals surface area contributed by atoms with Crippen LogP contribution in [0.4, 0.5) is 17.5 Å². The summed E-state index contributed by atoms with van der Waals surface area (Å²) in [5.41, 5.74) is 0.684. The fourth-order valence-electron chi connectivity index (χ4n) is 2.41. The summed E-state index contributed by atoms with van der Waals surface area (Å²) in [6.07, 6.45) is 6.55. The second-order valence-electron chi connectivity index (χ2n) is 5.65. The molecule has 116 valence electrons. The topological polar surface area (TPSA) is 61.4 Å². The van der Waals surface area contributed by atoms with Gasteiger partial charge in [-0.1, -0.05) is 13.3 Å². The largest absolute Gasteiger partial charge is 0.361 e. The number of carbonyl (C=O) groups excluding carboxylic acids is 1. The monoisotopic (exact) mass is 291 g/mol. The van der Waals surface area contributed by atoms with Crippen molar-refractivity contribution in [1.29, 1.82) is 0 Å². The molecule has 0 spiro atoms. The first-order valence-corrected chi connectivity index (χ1v) is 7.71. The molecule has 1 fully saturated rings. The summed E-state index contributed by atoms with van der Waals surface area (Å²) in [6, 6.07) is 0. The molecule has 0 bridgehead atoms. The molecule has 1 aromatic heterocycles. The van der Waals surface area contributed by atoms with Crippen LogP contribution in [0, 0.1) is 0 Å². The first-order chi connectivity index (χ1) is 10.1. The van der Waals surface area contributed by atoms with E-state index in [4.69, 9.17) is 0 Å². The van der Waals surface area contributed by atoms with Crippen molar-refractivity contribution >= 4 is 23.4 Å². The van der Waals surface area contributed by atoms with Crippen molar-refractivity contribution in [2.75, 3.05) is 42.3 Å². The lowest BCUT2D eigenvalue weighted by Gasteiger charge is -2.21. The van der Waals surface area contributed by atoms with Crippen LogP contribution in [0.15, 0.2) is 6.20 Å². The number of rotatable bonds is 6. The van der Waals surface area contributed by atoms with E-state index in [1.807, 2.05) is 19.0 Å². The second kappa shape index (κ2) is 7.24. The van der Waals surface area contributed by atoms with E-state index in [0.29, 0.717) is 12.1 Å². The standard InChI is InChI=1S/C15H25N5O/c1-4-5-8-13(21)17-12-11-16-15(18-14(12)19(2)3)20-9-6-7-10-20/h11H,4-10H2,1-3H3,(H,17,21). The van der Waals surface area contributed by atoms with Crippen molar-refractivity contribution in [1.82, 2.24) is 9.97 Å². The second-order valence-corrected chi connectivity index (χ2v) is 5.65. The van der Waals surface area contributed by atoms with Crippen molar-refractivity contribution in [3.05, 3.63) is 6.20 Å². The number of hydrogen-bond donors (Lipinski definition) is 1. The molecular formula is C15H25N5O. The zero-order valence-electron chi connectivity index (χ0n) is 13.2. The van der Waals surface area contributed by atoms with Gasteiger partial charge < -0.3 is 15.1 Å². The molecule has 0 aliphatic carbocycles. The highest BCUT2D eigenvalue weighted by Gasteiger charge is 2.18. The molecule has 1 N–H and O–H groups in total. The zero-order valence-corrected chi connectivity index (χ0v) is 13.2. The van der Waals surface area contributed by atoms with E-state index in [-0.39, 0.29) is 5.91 Å². The lowest BCUT2D eigenvalue weighted by molar-refractivity contribution is -0.116. The van der Waals surface area contributed by atoms with Crippen molar-refractivity contribution in [2.45, 2.75) is 39.0 Å². The van der Waals surface area contributed by atoms with Crippen LogP contribution >= 0.6 is 0 Å². The van der Waals surface area contributed by atoms with Crippen LogP contribution < -0.4 is 15.1 Å². The third kappa shape index (κ3) is 4.06. The number of amides is 1. The number of nitrogens with zero attached hydrogens (tertiary/aromatic N) is 4. The van der Waals surface area contributed by atoms with Crippen LogP contribution in [0.2, 0.25) is 0 Å². The van der Waals surface area contributed by atoms with Crippen LogP contribution in [0.3, 0.4) is 0 Å². The van der Waals surface area contributed by atoms with E-state index in [0.717, 1.165) is 37.7 Å². The van der Waals surface area contributed by atoms with Gasteiger partial charge in [-0.15, -0.1) is 0 Å². The highest BCUT2D eigenvalue weighted by molar-refractivity contribution is 5.93. The van der Waals surface area contributed by atoms with E-state index < -0.39 is 0 Å². The average molecular weight is 291 g/mol. The van der Waals surface area contributed by atoms with Gasteiger partial charge in [0, 0.05) is 33.6 Å². The molecule has 6 nitrogen and oxygen atoms in total. The average Bonchev–Trinajstić information content (AvgIpc) is 2.99. The van der Waals surface area contributed by atoms with E-state index in [1.165, 1.54) is 12.8 Å². The fourth-order valence-corrected chi connectivity index (χ4v) is 2.41. The highest BCUT2D eigenvalue weighted by atomic mass is 16.1. The maximum atomic E-state index is 11.9. The normalized spacial score (nSPS) is 14.3. The molecule has 0 saturated carbocycles. The Balaban J connectivity index is 2.14. The van der Waals surface area contributed by atoms with Crippen LogP contribution in [0.25, 0.3) is 0 Å². The van der Waals surface area contributed by atoms with E-state index in [2.05, 4.69) is 27.1 Å². The van der Waals surface area contributed by atoms with Gasteiger partial charge in [0.2, 0.25) is 11.9 Å². The van der Waals surface area contributed by atoms with Gasteiger partial charge in [0.1, 0.15) is 5.69 Å². The molecule has 1 aromatic rings. The van der Waals surface area contributed by atoms with Gasteiger partial charge >= 0.3 is 0 Å². The SMILES string of the molecule is CCCCC(=O)Nc1cnc(N2CCCC2)nc1N(C)C. The summed E-state index contributed by atoms with van der Waals surface area (Å²) >= 11 is 0. The molecule has 1 saturated heterocycles. The van der Waals surface area contributed by atoms with Gasteiger partial charge in [-0.2, -0.15) is 4.98 Å². The molecule has 0 atom stereocenters. The molecule has 0 radical (unpaired) electrons. The Bertz CT molecular complexity index is 483. The molecule has 6 heteroatoms. The number of unbranched alkanes of at least 4 members (excludes halogenated alkanes) is 1. The Morgan fingerprint density at radius 2 is 2.10 bits per heavy atom. The minimum absolute atomic E-state index is 0.0254. The van der Waals surface area contributed by atoms with E-state index in [1.54, 1.807) is 6.20 Å². The third-order valence-electron chi connectivity index (χ3n) is 3.60.